The van der Waals surface area contributed by atoms with E-state index in [-0.39, 0.29) is 18.3 Å². The minimum Gasteiger partial charge on any atom is -0.342 e. The lowest BCUT2D eigenvalue weighted by Crippen LogP contribution is -2.50. The average molecular weight is 195 g/mol. The zero-order chi connectivity index (χ0) is 9.07. The molecule has 0 rings (SSSR count). The number of carbonyl (C=O) groups excluding carboxylic acids is 1. The highest BCUT2D eigenvalue weighted by Gasteiger charge is 2.25. The fourth-order valence-corrected chi connectivity index (χ4v) is 0.918. The summed E-state index contributed by atoms with van der Waals surface area (Å²) in [6, 6.07) is 0. The van der Waals surface area contributed by atoms with Crippen molar-refractivity contribution < 1.29 is 4.79 Å². The quantitative estimate of drug-likeness (QED) is 0.729. The van der Waals surface area contributed by atoms with Crippen LogP contribution < -0.4 is 5.73 Å². The van der Waals surface area contributed by atoms with Crippen LogP contribution in [0.2, 0.25) is 0 Å². The number of hydrogen-bond acceptors (Lipinski definition) is 2. The maximum absolute atomic E-state index is 11.4. The summed E-state index contributed by atoms with van der Waals surface area (Å²) in [5.74, 6) is 0.0162. The number of halogens is 1. The topological polar surface area (TPSA) is 46.3 Å². The van der Waals surface area contributed by atoms with Gasteiger partial charge < -0.3 is 10.6 Å². The van der Waals surface area contributed by atoms with Crippen LogP contribution in [0.3, 0.4) is 0 Å². The predicted octanol–water partition coefficient (Wildman–Crippen LogP) is 1.01. The molecule has 0 aliphatic heterocycles. The van der Waals surface area contributed by atoms with E-state index in [1.165, 1.54) is 0 Å². The normalized spacial score (nSPS) is 10.4. The van der Waals surface area contributed by atoms with Crippen LogP contribution in [0.25, 0.3) is 0 Å². The first kappa shape index (κ1) is 14.3. The average Bonchev–Trinajstić information content (AvgIpc) is 1.88. The number of hydrogen-bond donors (Lipinski definition) is 1. The fourth-order valence-electron chi connectivity index (χ4n) is 0.918. The van der Waals surface area contributed by atoms with E-state index in [4.69, 9.17) is 5.73 Å². The molecule has 0 heterocycles. The summed E-state index contributed by atoms with van der Waals surface area (Å²) < 4.78 is 0. The Kier molecular flexibility index (Phi) is 6.39. The molecule has 1 amide bonds. The molecule has 2 N–H and O–H groups in total. The Balaban J connectivity index is 0. The molecule has 0 aromatic rings. The lowest BCUT2D eigenvalue weighted by atomic mass is 10.1. The van der Waals surface area contributed by atoms with Crippen LogP contribution in [-0.4, -0.2) is 29.4 Å². The van der Waals surface area contributed by atoms with E-state index in [9.17, 15) is 4.79 Å². The maximum Gasteiger partial charge on any atom is 0.242 e. The standard InChI is InChI=1S/C8H18N2O.ClH/c1-5-10(6-2)7(11)8(3,4)9;/h5-6,9H2,1-4H3;1H. The lowest BCUT2D eigenvalue weighted by Gasteiger charge is -2.27. The first-order chi connectivity index (χ1) is 4.93. The number of nitrogens with zero attached hydrogens (tertiary/aromatic N) is 1. The summed E-state index contributed by atoms with van der Waals surface area (Å²) in [5.41, 5.74) is 4.91. The van der Waals surface area contributed by atoms with Crippen LogP contribution >= 0.6 is 12.4 Å². The van der Waals surface area contributed by atoms with Crippen LogP contribution in [0.15, 0.2) is 0 Å². The zero-order valence-corrected chi connectivity index (χ0v) is 9.07. The van der Waals surface area contributed by atoms with Crippen molar-refractivity contribution >= 4 is 18.3 Å². The van der Waals surface area contributed by atoms with Gasteiger partial charge in [-0.05, 0) is 27.7 Å². The SMILES string of the molecule is CCN(CC)C(=O)C(C)(C)N.Cl. The van der Waals surface area contributed by atoms with E-state index in [1.807, 2.05) is 13.8 Å². The third kappa shape index (κ3) is 3.93. The van der Waals surface area contributed by atoms with Crippen molar-refractivity contribution in [3.05, 3.63) is 0 Å². The molecule has 0 aromatic heterocycles. The van der Waals surface area contributed by atoms with Crippen molar-refractivity contribution in [1.29, 1.82) is 0 Å². The Bertz CT molecular complexity index is 138. The van der Waals surface area contributed by atoms with E-state index in [2.05, 4.69) is 0 Å². The van der Waals surface area contributed by atoms with Crippen molar-refractivity contribution in [2.24, 2.45) is 5.73 Å². The highest BCUT2D eigenvalue weighted by Crippen LogP contribution is 2.03. The molecular formula is C8H19ClN2O. The van der Waals surface area contributed by atoms with Gasteiger partial charge in [-0.25, -0.2) is 0 Å². The number of nitrogens with two attached hydrogens (primary N) is 1. The van der Waals surface area contributed by atoms with Crippen molar-refractivity contribution in [3.8, 4) is 0 Å². The van der Waals surface area contributed by atoms with Gasteiger partial charge in [-0.15, -0.1) is 12.4 Å². The van der Waals surface area contributed by atoms with E-state index in [0.717, 1.165) is 13.1 Å². The fraction of sp³-hybridized carbons (Fsp3) is 0.875. The van der Waals surface area contributed by atoms with Gasteiger partial charge in [0.15, 0.2) is 0 Å². The summed E-state index contributed by atoms with van der Waals surface area (Å²) >= 11 is 0. The number of amides is 1. The Hall–Kier alpha value is -0.280. The maximum atomic E-state index is 11.4. The molecule has 0 aliphatic carbocycles. The van der Waals surface area contributed by atoms with Crippen LogP contribution in [-0.2, 0) is 4.79 Å². The second-order valence-corrected chi connectivity index (χ2v) is 3.20. The van der Waals surface area contributed by atoms with Gasteiger partial charge in [-0.2, -0.15) is 0 Å². The van der Waals surface area contributed by atoms with Gasteiger partial charge in [0.1, 0.15) is 0 Å². The van der Waals surface area contributed by atoms with Gasteiger partial charge in [-0.3, -0.25) is 4.79 Å². The van der Waals surface area contributed by atoms with Gasteiger partial charge >= 0.3 is 0 Å². The van der Waals surface area contributed by atoms with E-state index in [1.54, 1.807) is 18.7 Å². The third-order valence-corrected chi connectivity index (χ3v) is 1.60. The molecule has 4 heteroatoms. The molecule has 0 radical (unpaired) electrons. The molecule has 12 heavy (non-hydrogen) atoms. The van der Waals surface area contributed by atoms with Gasteiger partial charge in [-0.1, -0.05) is 0 Å². The predicted molar refractivity (Wildman–Crippen MR) is 53.4 cm³/mol. The molecule has 0 aliphatic rings. The summed E-state index contributed by atoms with van der Waals surface area (Å²) in [7, 11) is 0. The molecular weight excluding hydrogens is 176 g/mol. The van der Waals surface area contributed by atoms with Crippen molar-refractivity contribution in [2.45, 2.75) is 33.2 Å². The Morgan fingerprint density at radius 3 is 1.75 bits per heavy atom. The van der Waals surface area contributed by atoms with E-state index < -0.39 is 5.54 Å². The summed E-state index contributed by atoms with van der Waals surface area (Å²) in [4.78, 5) is 13.2. The Labute approximate surface area is 80.7 Å². The van der Waals surface area contributed by atoms with Crippen LogP contribution in [0.5, 0.6) is 0 Å². The molecule has 0 saturated carbocycles. The molecule has 0 bridgehead atoms. The van der Waals surface area contributed by atoms with Gasteiger partial charge in [0.05, 0.1) is 5.54 Å². The van der Waals surface area contributed by atoms with Gasteiger partial charge in [0.2, 0.25) is 5.91 Å². The second kappa shape index (κ2) is 5.38. The lowest BCUT2D eigenvalue weighted by molar-refractivity contribution is -0.135. The summed E-state index contributed by atoms with van der Waals surface area (Å²) in [6.07, 6.45) is 0. The molecule has 0 spiro atoms. The summed E-state index contributed by atoms with van der Waals surface area (Å²) in [5, 5.41) is 0. The minimum absolute atomic E-state index is 0. The Morgan fingerprint density at radius 2 is 1.67 bits per heavy atom. The van der Waals surface area contributed by atoms with Crippen LogP contribution in [0.1, 0.15) is 27.7 Å². The summed E-state index contributed by atoms with van der Waals surface area (Å²) in [6.45, 7) is 8.83. The van der Waals surface area contributed by atoms with Crippen molar-refractivity contribution in [1.82, 2.24) is 4.90 Å². The Morgan fingerprint density at radius 1 is 1.33 bits per heavy atom. The van der Waals surface area contributed by atoms with E-state index >= 15 is 0 Å². The first-order valence-electron chi connectivity index (χ1n) is 4.01. The molecule has 74 valence electrons. The highest BCUT2D eigenvalue weighted by molar-refractivity contribution is 5.85. The highest BCUT2D eigenvalue weighted by atomic mass is 35.5. The molecule has 3 nitrogen and oxygen atoms in total. The number of carbonyl (C=O) groups is 1. The molecule has 0 unspecified atom stereocenters. The van der Waals surface area contributed by atoms with Crippen LogP contribution in [0.4, 0.5) is 0 Å². The monoisotopic (exact) mass is 194 g/mol. The minimum atomic E-state index is -0.730. The van der Waals surface area contributed by atoms with Crippen LogP contribution in [0, 0.1) is 0 Å². The number of likely N-dealkylation sites (N-methyl/N-ethyl adjacent to an activating group) is 1. The first-order valence-corrected chi connectivity index (χ1v) is 4.01. The number of rotatable bonds is 3. The molecule has 0 atom stereocenters. The molecule has 0 saturated heterocycles. The third-order valence-electron chi connectivity index (χ3n) is 1.60. The molecule has 0 fully saturated rings. The van der Waals surface area contributed by atoms with Gasteiger partial charge in [0.25, 0.3) is 0 Å². The van der Waals surface area contributed by atoms with E-state index in [0.29, 0.717) is 0 Å². The molecule has 0 aromatic carbocycles. The van der Waals surface area contributed by atoms with Gasteiger partial charge in [0, 0.05) is 13.1 Å². The smallest absolute Gasteiger partial charge is 0.242 e. The van der Waals surface area contributed by atoms with Crippen molar-refractivity contribution in [2.75, 3.05) is 13.1 Å². The zero-order valence-electron chi connectivity index (χ0n) is 8.26. The largest absolute Gasteiger partial charge is 0.342 e. The van der Waals surface area contributed by atoms with Crippen molar-refractivity contribution in [3.63, 3.8) is 0 Å². The second-order valence-electron chi connectivity index (χ2n) is 3.20.